The molecule has 1 unspecified atom stereocenters. The van der Waals surface area contributed by atoms with Crippen molar-refractivity contribution in [2.45, 2.75) is 84.0 Å². The van der Waals surface area contributed by atoms with E-state index in [0.717, 1.165) is 12.8 Å². The lowest BCUT2D eigenvalue weighted by atomic mass is 10.0. The van der Waals surface area contributed by atoms with Gasteiger partial charge in [0.05, 0.1) is 0 Å². The molecule has 154 valence electrons. The summed E-state index contributed by atoms with van der Waals surface area (Å²) in [7, 11) is -3.46. The molecule has 2 rings (SSSR count). The predicted molar refractivity (Wildman–Crippen MR) is 123 cm³/mol. The Labute approximate surface area is 169 Å². The normalized spacial score (nSPS) is 28.3. The summed E-state index contributed by atoms with van der Waals surface area (Å²) in [6.45, 7) is 18.3. The first-order valence-electron chi connectivity index (χ1n) is 10.2. The van der Waals surface area contributed by atoms with Crippen molar-refractivity contribution in [2.75, 3.05) is 7.05 Å². The summed E-state index contributed by atoms with van der Waals surface area (Å²) >= 11 is 0. The number of benzene rings is 1. The van der Waals surface area contributed by atoms with Crippen LogP contribution in [-0.4, -0.2) is 40.2 Å². The van der Waals surface area contributed by atoms with E-state index in [9.17, 15) is 0 Å². The molecule has 7 heteroatoms. The van der Waals surface area contributed by atoms with Gasteiger partial charge in [-0.05, 0) is 65.2 Å². The average Bonchev–Trinajstić information content (AvgIpc) is 2.79. The van der Waals surface area contributed by atoms with Crippen LogP contribution in [-0.2, 0) is 8.95 Å². The maximum Gasteiger partial charge on any atom is 0.184 e. The van der Waals surface area contributed by atoms with Gasteiger partial charge in [0.1, 0.15) is 11.9 Å². The first kappa shape index (κ1) is 23.0. The van der Waals surface area contributed by atoms with Crippen molar-refractivity contribution in [3.05, 3.63) is 35.9 Å². The lowest BCUT2D eigenvalue weighted by molar-refractivity contribution is 0.197. The van der Waals surface area contributed by atoms with Crippen molar-refractivity contribution in [1.29, 1.82) is 0 Å². The maximum atomic E-state index is 7.00. The summed E-state index contributed by atoms with van der Waals surface area (Å²) in [5.41, 5.74) is 1.24. The van der Waals surface area contributed by atoms with Gasteiger partial charge in [0.15, 0.2) is 24.0 Å². The molecule has 0 amide bonds. The lowest BCUT2D eigenvalue weighted by Gasteiger charge is -2.39. The Hall–Kier alpha value is -0.236. The molecular weight excluding hydrogens is 387 g/mol. The van der Waals surface area contributed by atoms with Crippen molar-refractivity contribution in [3.63, 3.8) is 0 Å². The molecule has 0 aromatic heterocycles. The zero-order chi connectivity index (χ0) is 20.5. The van der Waals surface area contributed by atoms with Gasteiger partial charge in [0, 0.05) is 6.04 Å². The van der Waals surface area contributed by atoms with Gasteiger partial charge in [-0.2, -0.15) is 0 Å². The summed E-state index contributed by atoms with van der Waals surface area (Å²) in [5.74, 6) is 0.0713. The number of rotatable bonds is 7. The van der Waals surface area contributed by atoms with E-state index in [-0.39, 0.29) is 18.0 Å². The van der Waals surface area contributed by atoms with Crippen molar-refractivity contribution < 1.29 is 8.95 Å². The summed E-state index contributed by atoms with van der Waals surface area (Å²) in [6.07, 6.45) is 2.14. The fourth-order valence-electron chi connectivity index (χ4n) is 3.58. The minimum atomic E-state index is -2.23. The molecule has 0 saturated carbocycles. The van der Waals surface area contributed by atoms with E-state index >= 15 is 0 Å². The first-order valence-corrected chi connectivity index (χ1v) is 18.7. The Morgan fingerprint density at radius 2 is 1.74 bits per heavy atom. The quantitative estimate of drug-likeness (QED) is 0.350. The zero-order valence-electron chi connectivity index (χ0n) is 18.7. The maximum absolute atomic E-state index is 7.00. The van der Waals surface area contributed by atoms with Crippen LogP contribution in [0.25, 0.3) is 0 Å². The predicted octanol–water partition coefficient (Wildman–Crippen LogP) is 6.92. The van der Waals surface area contributed by atoms with Crippen molar-refractivity contribution in [2.24, 2.45) is 4.41 Å². The number of likely N-dealkylation sites (N-methyl/N-ethyl adjacent to an activating group) is 1. The molecule has 0 spiro atoms. The highest BCUT2D eigenvalue weighted by Crippen LogP contribution is 2.69. The van der Waals surface area contributed by atoms with Crippen LogP contribution in [0.5, 0.6) is 0 Å². The second-order valence-corrected chi connectivity index (χ2v) is 21.8. The molecule has 0 N–H and O–H groups in total. The van der Waals surface area contributed by atoms with Crippen LogP contribution in [0.4, 0.5) is 0 Å². The molecule has 1 aliphatic heterocycles. The third-order valence-electron chi connectivity index (χ3n) is 4.72. The van der Waals surface area contributed by atoms with E-state index in [1.807, 2.05) is 0 Å². The van der Waals surface area contributed by atoms with Gasteiger partial charge in [-0.1, -0.05) is 43.7 Å². The van der Waals surface area contributed by atoms with Gasteiger partial charge < -0.3 is 13.4 Å². The highest BCUT2D eigenvalue weighted by molar-refractivity contribution is 7.61. The Balaban J connectivity index is 2.58. The molecule has 27 heavy (non-hydrogen) atoms. The van der Waals surface area contributed by atoms with Crippen LogP contribution in [0.15, 0.2) is 34.7 Å². The number of hydrogen-bond donors (Lipinski definition) is 0. The molecule has 4 atom stereocenters. The van der Waals surface area contributed by atoms with Gasteiger partial charge in [0.25, 0.3) is 0 Å². The number of nitrogens with zero attached hydrogens (tertiary/aromatic N) is 2. The third-order valence-corrected chi connectivity index (χ3v) is 12.4. The fourth-order valence-corrected chi connectivity index (χ4v) is 13.3. The summed E-state index contributed by atoms with van der Waals surface area (Å²) < 4.78 is 21.7. The molecule has 1 saturated heterocycles. The average molecular weight is 427 g/mol. The fraction of sp³-hybridized carbons (Fsp3) is 0.700. The van der Waals surface area contributed by atoms with Crippen LogP contribution in [0.1, 0.15) is 38.4 Å². The minimum Gasteiger partial charge on any atom is -0.406 e. The van der Waals surface area contributed by atoms with E-state index in [1.54, 1.807) is 0 Å². The Morgan fingerprint density at radius 3 is 2.22 bits per heavy atom. The van der Waals surface area contributed by atoms with Crippen LogP contribution >= 0.6 is 7.43 Å². The molecule has 0 bridgehead atoms. The monoisotopic (exact) mass is 426 g/mol. The van der Waals surface area contributed by atoms with Gasteiger partial charge >= 0.3 is 0 Å². The molecule has 1 heterocycles. The number of hydrogen-bond acceptors (Lipinski definition) is 3. The second-order valence-electron chi connectivity index (χ2n) is 9.58. The van der Waals surface area contributed by atoms with Crippen LogP contribution in [0.3, 0.4) is 0 Å². The Kier molecular flexibility index (Phi) is 7.37. The van der Waals surface area contributed by atoms with Crippen molar-refractivity contribution >= 4 is 24.0 Å². The summed E-state index contributed by atoms with van der Waals surface area (Å²) in [5, 5.41) is 0. The molecule has 1 aromatic carbocycles. The smallest absolute Gasteiger partial charge is 0.184 e. The highest BCUT2D eigenvalue weighted by atomic mass is 31.2. The lowest BCUT2D eigenvalue weighted by Crippen LogP contribution is -2.36. The van der Waals surface area contributed by atoms with Crippen LogP contribution in [0.2, 0.25) is 39.3 Å². The molecule has 0 aliphatic carbocycles. The largest absolute Gasteiger partial charge is 0.406 e. The third kappa shape index (κ3) is 5.65. The van der Waals surface area contributed by atoms with E-state index in [2.05, 4.69) is 95.2 Å². The summed E-state index contributed by atoms with van der Waals surface area (Å²) in [4.78, 5) is 0. The Morgan fingerprint density at radius 1 is 1.15 bits per heavy atom. The van der Waals surface area contributed by atoms with Gasteiger partial charge in [-0.3, -0.25) is 0 Å². The zero-order valence-corrected chi connectivity index (χ0v) is 21.6. The van der Waals surface area contributed by atoms with E-state index in [1.165, 1.54) is 5.56 Å². The topological polar surface area (TPSA) is 34.1 Å². The molecule has 4 nitrogen and oxygen atoms in total. The Bertz CT molecular complexity index is 671. The minimum absolute atomic E-state index is 0.0502. The van der Waals surface area contributed by atoms with Crippen LogP contribution < -0.4 is 0 Å². The standard InChI is InChI=1S/C20H39N2O2PSi2/c1-10-14-19(24-27(7,8)9)25(21-26(4,5)6)22(3)17(2)20(23-25)18-15-12-11-13-16-18/h11-13,15-17,19-20H,10,14H2,1-9H3/t17-,19+,20-,25?/m0/s1. The van der Waals surface area contributed by atoms with E-state index in [4.69, 9.17) is 13.4 Å². The van der Waals surface area contributed by atoms with E-state index in [0.29, 0.717) is 0 Å². The molecule has 1 aromatic rings. The van der Waals surface area contributed by atoms with Gasteiger partial charge in [-0.25, -0.2) is 4.67 Å². The first-order chi connectivity index (χ1) is 12.4. The van der Waals surface area contributed by atoms with Gasteiger partial charge in [0.2, 0.25) is 0 Å². The molecule has 0 radical (unpaired) electrons. The van der Waals surface area contributed by atoms with E-state index < -0.39 is 24.0 Å². The molecule has 1 fully saturated rings. The van der Waals surface area contributed by atoms with Gasteiger partial charge in [-0.15, -0.1) is 0 Å². The molecule has 1 aliphatic rings. The SMILES string of the molecule is CCC[C@H](O[Si](C)(C)C)P1(=N[Si](C)(C)C)O[C@H](c2ccccc2)[C@H](C)N1C. The summed E-state index contributed by atoms with van der Waals surface area (Å²) in [6, 6.07) is 10.9. The highest BCUT2D eigenvalue weighted by Gasteiger charge is 2.50. The van der Waals surface area contributed by atoms with Crippen molar-refractivity contribution in [1.82, 2.24) is 4.67 Å². The molecular formula is C20H39N2O2PSi2. The second kappa shape index (κ2) is 8.64. The van der Waals surface area contributed by atoms with Crippen molar-refractivity contribution in [3.8, 4) is 0 Å². The van der Waals surface area contributed by atoms with Crippen LogP contribution in [0, 0.1) is 0 Å².